The molecule has 3 heterocycles. The minimum absolute atomic E-state index is 0.00799. The minimum atomic E-state index is -0.734. The van der Waals surface area contributed by atoms with Gasteiger partial charge in [-0.15, -0.1) is 0 Å². The van der Waals surface area contributed by atoms with Gasteiger partial charge in [-0.3, -0.25) is 14.6 Å². The van der Waals surface area contributed by atoms with Gasteiger partial charge in [-0.2, -0.15) is 0 Å². The van der Waals surface area contributed by atoms with Crippen LogP contribution in [-0.4, -0.2) is 63.5 Å². The molecule has 1 unspecified atom stereocenters. The Morgan fingerprint density at radius 3 is 2.62 bits per heavy atom. The van der Waals surface area contributed by atoms with E-state index in [9.17, 15) is 14.7 Å². The van der Waals surface area contributed by atoms with Crippen molar-refractivity contribution < 1.29 is 14.7 Å². The molecule has 2 aliphatic heterocycles. The topological polar surface area (TPSA) is 73.7 Å². The summed E-state index contributed by atoms with van der Waals surface area (Å²) in [5.41, 5.74) is 1.43. The van der Waals surface area contributed by atoms with E-state index >= 15 is 0 Å². The van der Waals surface area contributed by atoms with E-state index in [-0.39, 0.29) is 18.4 Å². The first-order valence-electron chi connectivity index (χ1n) is 8.66. The molecule has 0 saturated carbocycles. The smallest absolute Gasteiger partial charge is 0.256 e. The lowest BCUT2D eigenvalue weighted by atomic mass is 9.85. The quantitative estimate of drug-likeness (QED) is 0.906. The molecule has 6 nitrogen and oxygen atoms in total. The number of amides is 2. The molecule has 24 heavy (non-hydrogen) atoms. The van der Waals surface area contributed by atoms with E-state index in [1.54, 1.807) is 9.80 Å². The fourth-order valence-corrected chi connectivity index (χ4v) is 4.11. The fraction of sp³-hybridized carbons (Fsp3) is 0.611. The number of likely N-dealkylation sites (tertiary alicyclic amines) is 2. The highest BCUT2D eigenvalue weighted by atomic mass is 16.3. The Hall–Kier alpha value is -1.95. The zero-order valence-corrected chi connectivity index (χ0v) is 14.4. The Labute approximate surface area is 142 Å². The average molecular weight is 331 g/mol. The molecule has 0 radical (unpaired) electrons. The molecule has 1 aromatic heterocycles. The zero-order chi connectivity index (χ0) is 17.3. The molecule has 6 heteroatoms. The predicted octanol–water partition coefficient (Wildman–Crippen LogP) is 1.29. The zero-order valence-electron chi connectivity index (χ0n) is 14.4. The van der Waals surface area contributed by atoms with Gasteiger partial charge in [-0.1, -0.05) is 0 Å². The van der Waals surface area contributed by atoms with Crippen LogP contribution in [0.1, 0.15) is 47.4 Å². The molecule has 0 aromatic carbocycles. The Kier molecular flexibility index (Phi) is 4.58. The number of hydrogen-bond donors (Lipinski definition) is 1. The molecule has 2 aliphatic rings. The molecule has 0 aliphatic carbocycles. The lowest BCUT2D eigenvalue weighted by Crippen LogP contribution is -2.61. The highest BCUT2D eigenvalue weighted by Gasteiger charge is 2.52. The van der Waals surface area contributed by atoms with Crippen molar-refractivity contribution in [2.45, 2.75) is 45.1 Å². The van der Waals surface area contributed by atoms with Crippen molar-refractivity contribution >= 4 is 11.8 Å². The molecule has 2 fully saturated rings. The lowest BCUT2D eigenvalue weighted by Gasteiger charge is -2.44. The van der Waals surface area contributed by atoms with Crippen molar-refractivity contribution in [1.29, 1.82) is 0 Å². The molecule has 2 saturated heterocycles. The number of carbonyl (C=O) groups excluding carboxylic acids is 2. The van der Waals surface area contributed by atoms with Crippen LogP contribution in [0.2, 0.25) is 0 Å². The van der Waals surface area contributed by atoms with Gasteiger partial charge < -0.3 is 14.9 Å². The van der Waals surface area contributed by atoms with Crippen molar-refractivity contribution in [2.24, 2.45) is 0 Å². The number of aromatic nitrogens is 1. The molecule has 130 valence electrons. The van der Waals surface area contributed by atoms with Crippen LogP contribution in [0.3, 0.4) is 0 Å². The van der Waals surface area contributed by atoms with E-state index in [0.29, 0.717) is 43.7 Å². The number of nitrogens with zero attached hydrogens (tertiary/aromatic N) is 3. The number of aliphatic hydroxyl groups excluding tert-OH is 1. The van der Waals surface area contributed by atoms with Crippen LogP contribution in [0.15, 0.2) is 12.1 Å². The third-order valence-corrected chi connectivity index (χ3v) is 5.26. The second kappa shape index (κ2) is 6.51. The van der Waals surface area contributed by atoms with Gasteiger partial charge in [-0.05, 0) is 51.7 Å². The first-order valence-corrected chi connectivity index (χ1v) is 8.66. The molecule has 1 atom stereocenters. The van der Waals surface area contributed by atoms with E-state index in [1.807, 2.05) is 26.0 Å². The van der Waals surface area contributed by atoms with Gasteiger partial charge in [0.15, 0.2) is 0 Å². The summed E-state index contributed by atoms with van der Waals surface area (Å²) in [6.45, 7) is 5.30. The second-order valence-corrected chi connectivity index (χ2v) is 6.80. The van der Waals surface area contributed by atoms with Crippen LogP contribution in [-0.2, 0) is 4.79 Å². The molecule has 0 bridgehead atoms. The summed E-state index contributed by atoms with van der Waals surface area (Å²) < 4.78 is 0. The van der Waals surface area contributed by atoms with Crippen LogP contribution in [0.4, 0.5) is 0 Å². The second-order valence-electron chi connectivity index (χ2n) is 6.80. The van der Waals surface area contributed by atoms with Gasteiger partial charge in [0, 0.05) is 25.3 Å². The van der Waals surface area contributed by atoms with Gasteiger partial charge in [0.05, 0.1) is 17.9 Å². The monoisotopic (exact) mass is 331 g/mol. The maximum Gasteiger partial charge on any atom is 0.256 e. The maximum atomic E-state index is 13.1. The summed E-state index contributed by atoms with van der Waals surface area (Å²) in [6.07, 6.45) is 3.11. The van der Waals surface area contributed by atoms with Crippen molar-refractivity contribution in [3.8, 4) is 0 Å². The van der Waals surface area contributed by atoms with Crippen molar-refractivity contribution in [3.05, 3.63) is 29.1 Å². The van der Waals surface area contributed by atoms with E-state index in [0.717, 1.165) is 18.5 Å². The average Bonchev–Trinajstić information content (AvgIpc) is 2.96. The van der Waals surface area contributed by atoms with Gasteiger partial charge in [0.25, 0.3) is 5.91 Å². The molecule has 1 aromatic rings. The van der Waals surface area contributed by atoms with Crippen LogP contribution in [0.25, 0.3) is 0 Å². The molecule has 2 amide bonds. The largest absolute Gasteiger partial charge is 0.395 e. The first kappa shape index (κ1) is 16.9. The third-order valence-electron chi connectivity index (χ3n) is 5.26. The summed E-state index contributed by atoms with van der Waals surface area (Å²) in [5, 5.41) is 9.20. The molecule has 1 N–H and O–H groups in total. The van der Waals surface area contributed by atoms with Gasteiger partial charge in [0.1, 0.15) is 5.54 Å². The van der Waals surface area contributed by atoms with Crippen molar-refractivity contribution in [2.75, 3.05) is 26.2 Å². The number of hydrogen-bond acceptors (Lipinski definition) is 4. The Morgan fingerprint density at radius 2 is 1.96 bits per heavy atom. The molecule has 3 rings (SSSR count). The molecule has 1 spiro atoms. The number of pyridine rings is 1. The minimum Gasteiger partial charge on any atom is -0.395 e. The van der Waals surface area contributed by atoms with E-state index in [2.05, 4.69) is 4.98 Å². The normalized spacial score (nSPS) is 24.0. The Morgan fingerprint density at radius 1 is 1.25 bits per heavy atom. The SMILES string of the molecule is Cc1ccc(C(=O)N2CCCC23CCCN(CCO)C3=O)c(C)n1. The number of β-amino-alcohol motifs (C(OH)–C–C–N with tert-alkyl or cyclic N) is 1. The lowest BCUT2D eigenvalue weighted by molar-refractivity contribution is -0.146. The summed E-state index contributed by atoms with van der Waals surface area (Å²) >= 11 is 0. The van der Waals surface area contributed by atoms with Crippen LogP contribution < -0.4 is 0 Å². The summed E-state index contributed by atoms with van der Waals surface area (Å²) in [7, 11) is 0. The van der Waals surface area contributed by atoms with E-state index < -0.39 is 5.54 Å². The number of carbonyl (C=O) groups is 2. The first-order chi connectivity index (χ1) is 11.5. The third kappa shape index (κ3) is 2.69. The highest BCUT2D eigenvalue weighted by molar-refractivity contribution is 6.00. The molecular weight excluding hydrogens is 306 g/mol. The Balaban J connectivity index is 1.92. The van der Waals surface area contributed by atoms with Crippen LogP contribution >= 0.6 is 0 Å². The number of aryl methyl sites for hydroxylation is 2. The number of rotatable bonds is 3. The highest BCUT2D eigenvalue weighted by Crippen LogP contribution is 2.39. The van der Waals surface area contributed by atoms with Crippen molar-refractivity contribution in [1.82, 2.24) is 14.8 Å². The number of aliphatic hydroxyl groups is 1. The fourth-order valence-electron chi connectivity index (χ4n) is 4.11. The van der Waals surface area contributed by atoms with Crippen LogP contribution in [0.5, 0.6) is 0 Å². The van der Waals surface area contributed by atoms with E-state index in [4.69, 9.17) is 0 Å². The summed E-state index contributed by atoms with van der Waals surface area (Å²) in [6, 6.07) is 3.65. The standard InChI is InChI=1S/C18H25N3O3/c1-13-5-6-15(14(2)19-13)16(23)21-10-4-8-18(21)7-3-9-20(11-12-22)17(18)24/h5-6,22H,3-4,7-12H2,1-2H3. The van der Waals surface area contributed by atoms with E-state index in [1.165, 1.54) is 0 Å². The van der Waals surface area contributed by atoms with Crippen molar-refractivity contribution in [3.63, 3.8) is 0 Å². The molecular formula is C18H25N3O3. The summed E-state index contributed by atoms with van der Waals surface area (Å²) in [5.74, 6) is -0.108. The van der Waals surface area contributed by atoms with Gasteiger partial charge in [-0.25, -0.2) is 0 Å². The predicted molar refractivity (Wildman–Crippen MR) is 89.6 cm³/mol. The van der Waals surface area contributed by atoms with Gasteiger partial charge in [0.2, 0.25) is 5.91 Å². The summed E-state index contributed by atoms with van der Waals surface area (Å²) in [4.78, 5) is 34.0. The Bertz CT molecular complexity index is 659. The van der Waals surface area contributed by atoms with Crippen LogP contribution in [0, 0.1) is 13.8 Å². The maximum absolute atomic E-state index is 13.1. The number of piperidine rings is 1. The van der Waals surface area contributed by atoms with Gasteiger partial charge >= 0.3 is 0 Å².